The Labute approximate surface area is 182 Å². The van der Waals surface area contributed by atoms with Crippen molar-refractivity contribution in [1.29, 1.82) is 0 Å². The van der Waals surface area contributed by atoms with Crippen LogP contribution in [-0.4, -0.2) is 28.1 Å². The molecule has 31 heavy (non-hydrogen) atoms. The number of carbonyl (C=O) groups is 1. The summed E-state index contributed by atoms with van der Waals surface area (Å²) in [6.45, 7) is 4.52. The van der Waals surface area contributed by atoms with Crippen molar-refractivity contribution >= 4 is 11.7 Å². The summed E-state index contributed by atoms with van der Waals surface area (Å²) in [4.78, 5) is 15.7. The smallest absolute Gasteiger partial charge is 0.222 e. The van der Waals surface area contributed by atoms with Crippen LogP contribution in [-0.2, 0) is 17.6 Å². The zero-order chi connectivity index (χ0) is 22.0. The number of amides is 1. The van der Waals surface area contributed by atoms with Gasteiger partial charge in [-0.3, -0.25) is 15.2 Å². The highest BCUT2D eigenvalue weighted by molar-refractivity contribution is 5.78. The van der Waals surface area contributed by atoms with E-state index in [2.05, 4.69) is 51.6 Å². The predicted octanol–water partition coefficient (Wildman–Crippen LogP) is 4.05. The summed E-state index contributed by atoms with van der Waals surface area (Å²) in [6.07, 6.45) is 6.44. The molecule has 2 heterocycles. The largest absolute Gasteiger partial charge is 0.359 e. The van der Waals surface area contributed by atoms with Crippen molar-refractivity contribution in [3.8, 4) is 23.2 Å². The van der Waals surface area contributed by atoms with Crippen LogP contribution in [0, 0.1) is 35.2 Å². The van der Waals surface area contributed by atoms with E-state index in [0.717, 1.165) is 56.3 Å². The predicted molar refractivity (Wildman–Crippen MR) is 118 cm³/mol. The van der Waals surface area contributed by atoms with Crippen molar-refractivity contribution in [3.05, 3.63) is 29.3 Å². The molecule has 0 aromatic carbocycles. The van der Waals surface area contributed by atoms with E-state index in [-0.39, 0.29) is 23.2 Å². The summed E-state index contributed by atoms with van der Waals surface area (Å²) in [5.41, 5.74) is 4.08. The summed E-state index contributed by atoms with van der Waals surface area (Å²) >= 11 is 0. The Balaban J connectivity index is 1.44. The molecule has 3 N–H and O–H groups in total. The number of H-pyrrole nitrogens is 1. The first kappa shape index (κ1) is 21.4. The molecule has 0 aliphatic heterocycles. The molecule has 0 spiro atoms. The molecule has 1 amide bonds. The molecule has 2 aliphatic rings. The number of aromatic nitrogens is 3. The van der Waals surface area contributed by atoms with Crippen molar-refractivity contribution in [2.45, 2.75) is 58.8 Å². The lowest BCUT2D eigenvalue weighted by molar-refractivity contribution is -0.125. The van der Waals surface area contributed by atoms with Gasteiger partial charge in [0.1, 0.15) is 5.82 Å². The van der Waals surface area contributed by atoms with Gasteiger partial charge >= 0.3 is 0 Å². The average Bonchev–Trinajstić information content (AvgIpc) is 3.15. The molecule has 4 rings (SSSR count). The van der Waals surface area contributed by atoms with Crippen molar-refractivity contribution in [1.82, 2.24) is 20.5 Å². The van der Waals surface area contributed by atoms with E-state index in [1.807, 2.05) is 0 Å². The van der Waals surface area contributed by atoms with Crippen LogP contribution in [0.3, 0.4) is 0 Å². The molecule has 0 atom stereocenters. The van der Waals surface area contributed by atoms with Crippen LogP contribution in [0.2, 0.25) is 0 Å². The van der Waals surface area contributed by atoms with Crippen LogP contribution in [0.4, 0.5) is 10.2 Å². The molecule has 0 bridgehead atoms. The van der Waals surface area contributed by atoms with Crippen LogP contribution >= 0.6 is 0 Å². The lowest BCUT2D eigenvalue weighted by Crippen LogP contribution is -2.30. The Bertz CT molecular complexity index is 1020. The minimum absolute atomic E-state index is 0.0915. The van der Waals surface area contributed by atoms with Crippen molar-refractivity contribution in [2.24, 2.45) is 17.3 Å². The molecule has 1 saturated carbocycles. The van der Waals surface area contributed by atoms with Crippen molar-refractivity contribution in [2.75, 3.05) is 12.4 Å². The Morgan fingerprint density at radius 2 is 2.03 bits per heavy atom. The third-order valence-electron chi connectivity index (χ3n) is 6.54. The standard InChI is InChI=1S/C24H30FN5O/c1-24(2)10-8-18-19(14-24)29-30-22(18)17-12-20(25)28-21(13-17)27-11-9-15-4-6-16(7-5-15)23(31)26-3/h12-13,15-16H,4-8,10,14H2,1-3H3,(H,26,31)(H,27,28)(H,29,30). The summed E-state index contributed by atoms with van der Waals surface area (Å²) in [6, 6.07) is 6.17. The van der Waals surface area contributed by atoms with Gasteiger partial charge in [0.25, 0.3) is 0 Å². The highest BCUT2D eigenvalue weighted by atomic mass is 19.1. The minimum Gasteiger partial charge on any atom is -0.359 e. The van der Waals surface area contributed by atoms with Crippen LogP contribution in [0.1, 0.15) is 57.2 Å². The Kier molecular flexibility index (Phi) is 5.99. The number of rotatable bonds is 3. The fraction of sp³-hybridized carbons (Fsp3) is 0.542. The molecule has 2 aromatic heterocycles. The first-order chi connectivity index (χ1) is 14.8. The molecule has 1 fully saturated rings. The number of nitrogens with one attached hydrogen (secondary N) is 3. The molecule has 0 unspecified atom stereocenters. The average molecular weight is 424 g/mol. The zero-order valence-corrected chi connectivity index (χ0v) is 18.4. The number of halogens is 1. The maximum absolute atomic E-state index is 14.2. The van der Waals surface area contributed by atoms with Gasteiger partial charge < -0.3 is 5.32 Å². The van der Waals surface area contributed by atoms with E-state index in [1.54, 1.807) is 13.1 Å². The highest BCUT2D eigenvalue weighted by Gasteiger charge is 2.29. The number of carbonyl (C=O) groups excluding carboxylic acids is 1. The van der Waals surface area contributed by atoms with Gasteiger partial charge in [0, 0.05) is 47.8 Å². The highest BCUT2D eigenvalue weighted by Crippen LogP contribution is 2.38. The van der Waals surface area contributed by atoms with Gasteiger partial charge in [-0.15, -0.1) is 0 Å². The third kappa shape index (κ3) is 4.90. The van der Waals surface area contributed by atoms with Crippen molar-refractivity contribution in [3.63, 3.8) is 0 Å². The topological polar surface area (TPSA) is 82.7 Å². The molecule has 6 nitrogen and oxygen atoms in total. The van der Waals surface area contributed by atoms with E-state index in [4.69, 9.17) is 0 Å². The lowest BCUT2D eigenvalue weighted by Gasteiger charge is -2.29. The maximum atomic E-state index is 14.2. The van der Waals surface area contributed by atoms with Gasteiger partial charge in [0.15, 0.2) is 0 Å². The van der Waals surface area contributed by atoms with Gasteiger partial charge in [-0.1, -0.05) is 19.8 Å². The summed E-state index contributed by atoms with van der Waals surface area (Å²) in [5, 5.41) is 13.3. The molecule has 7 heteroatoms. The minimum atomic E-state index is -0.555. The number of pyridine rings is 1. The van der Waals surface area contributed by atoms with Crippen LogP contribution in [0.5, 0.6) is 0 Å². The summed E-state index contributed by atoms with van der Waals surface area (Å²) < 4.78 is 14.2. The van der Waals surface area contributed by atoms with Gasteiger partial charge in [-0.05, 0) is 56.4 Å². The lowest BCUT2D eigenvalue weighted by atomic mass is 9.76. The zero-order valence-electron chi connectivity index (χ0n) is 18.4. The summed E-state index contributed by atoms with van der Waals surface area (Å²) in [5.74, 6) is 3.48. The first-order valence-electron chi connectivity index (χ1n) is 11.1. The Hall–Kier alpha value is -2.88. The van der Waals surface area contributed by atoms with Gasteiger partial charge in [0.05, 0.1) is 5.69 Å². The normalized spacial score (nSPS) is 22.1. The van der Waals surface area contributed by atoms with E-state index < -0.39 is 5.95 Å². The molecular weight excluding hydrogens is 393 g/mol. The second-order valence-corrected chi connectivity index (χ2v) is 9.49. The number of hydrogen-bond acceptors (Lipinski definition) is 4. The molecule has 2 aliphatic carbocycles. The van der Waals surface area contributed by atoms with E-state index in [0.29, 0.717) is 11.4 Å². The fourth-order valence-electron chi connectivity index (χ4n) is 4.69. The monoisotopic (exact) mass is 423 g/mol. The summed E-state index contributed by atoms with van der Waals surface area (Å²) in [7, 11) is 1.68. The van der Waals surface area contributed by atoms with Crippen LogP contribution in [0.25, 0.3) is 11.3 Å². The number of hydrogen-bond donors (Lipinski definition) is 3. The third-order valence-corrected chi connectivity index (χ3v) is 6.54. The molecule has 0 saturated heterocycles. The van der Waals surface area contributed by atoms with E-state index in [9.17, 15) is 9.18 Å². The molecule has 0 radical (unpaired) electrons. The Morgan fingerprint density at radius 1 is 1.26 bits per heavy atom. The first-order valence-corrected chi connectivity index (χ1v) is 11.1. The fourth-order valence-corrected chi connectivity index (χ4v) is 4.69. The quantitative estimate of drug-likeness (QED) is 0.395. The van der Waals surface area contributed by atoms with Gasteiger partial charge in [-0.2, -0.15) is 9.49 Å². The van der Waals surface area contributed by atoms with Crippen LogP contribution in [0.15, 0.2) is 12.1 Å². The number of nitrogens with zero attached hydrogens (tertiary/aromatic N) is 2. The molecular formula is C24H30FN5O. The second-order valence-electron chi connectivity index (χ2n) is 9.49. The van der Waals surface area contributed by atoms with Crippen molar-refractivity contribution < 1.29 is 9.18 Å². The second kappa shape index (κ2) is 8.70. The SMILES string of the molecule is CNC(=O)C1CCC(C#CNc2cc(-c3n[nH]c4c3CCC(C)(C)C4)cc(F)n2)CC1. The van der Waals surface area contributed by atoms with E-state index in [1.165, 1.54) is 11.6 Å². The maximum Gasteiger partial charge on any atom is 0.222 e. The van der Waals surface area contributed by atoms with Crippen LogP contribution < -0.4 is 10.6 Å². The van der Waals surface area contributed by atoms with E-state index >= 15 is 0 Å². The number of fused-ring (bicyclic) bond motifs is 1. The molecule has 2 aromatic rings. The van der Waals surface area contributed by atoms with Gasteiger partial charge in [-0.25, -0.2) is 4.98 Å². The Morgan fingerprint density at radius 3 is 2.77 bits per heavy atom. The number of anilines is 1. The van der Waals surface area contributed by atoms with Gasteiger partial charge in [0.2, 0.25) is 11.9 Å². The number of aromatic amines is 1. The molecule has 164 valence electrons.